The summed E-state index contributed by atoms with van der Waals surface area (Å²) in [5, 5.41) is 0. The first-order valence-electron chi connectivity index (χ1n) is 7.14. The number of rotatable bonds is 7. The standard InChI is InChI=1S/C16H21N3O2/c1-3-8-20-14-4-6-15(7-5-14)21-16-18-10-13(11-19-16)9-12(2)17/h4-7,10-12H,3,8-9,17H2,1-2H3. The molecule has 5 heteroatoms. The van der Waals surface area contributed by atoms with Gasteiger partial charge < -0.3 is 15.2 Å². The highest BCUT2D eigenvalue weighted by Crippen LogP contribution is 2.21. The highest BCUT2D eigenvalue weighted by molar-refractivity contribution is 5.32. The van der Waals surface area contributed by atoms with E-state index in [0.29, 0.717) is 18.4 Å². The van der Waals surface area contributed by atoms with Crippen LogP contribution in [0.5, 0.6) is 17.5 Å². The summed E-state index contributed by atoms with van der Waals surface area (Å²) in [6.07, 6.45) is 5.22. The van der Waals surface area contributed by atoms with Crippen molar-refractivity contribution in [2.24, 2.45) is 5.73 Å². The van der Waals surface area contributed by atoms with Crippen LogP contribution in [0.15, 0.2) is 36.7 Å². The first-order valence-corrected chi connectivity index (χ1v) is 7.14. The predicted molar refractivity (Wildman–Crippen MR) is 81.7 cm³/mol. The molecule has 2 aromatic rings. The molecule has 0 amide bonds. The second-order valence-electron chi connectivity index (χ2n) is 4.98. The van der Waals surface area contributed by atoms with Gasteiger partial charge in [-0.3, -0.25) is 0 Å². The molecular weight excluding hydrogens is 266 g/mol. The van der Waals surface area contributed by atoms with E-state index in [1.807, 2.05) is 31.2 Å². The number of nitrogens with zero attached hydrogens (tertiary/aromatic N) is 2. The summed E-state index contributed by atoms with van der Waals surface area (Å²) in [5.74, 6) is 1.51. The molecule has 2 N–H and O–H groups in total. The van der Waals surface area contributed by atoms with E-state index in [-0.39, 0.29) is 6.04 Å². The van der Waals surface area contributed by atoms with Crippen molar-refractivity contribution in [2.45, 2.75) is 32.7 Å². The van der Waals surface area contributed by atoms with E-state index < -0.39 is 0 Å². The molecule has 0 spiro atoms. The van der Waals surface area contributed by atoms with E-state index in [1.54, 1.807) is 12.4 Å². The first kappa shape index (κ1) is 15.3. The van der Waals surface area contributed by atoms with Gasteiger partial charge in [-0.2, -0.15) is 0 Å². The Labute approximate surface area is 125 Å². The van der Waals surface area contributed by atoms with E-state index in [9.17, 15) is 0 Å². The minimum absolute atomic E-state index is 0.0935. The number of nitrogens with two attached hydrogens (primary N) is 1. The highest BCUT2D eigenvalue weighted by atomic mass is 16.5. The molecule has 0 radical (unpaired) electrons. The Morgan fingerprint density at radius 1 is 1.10 bits per heavy atom. The number of hydrogen-bond donors (Lipinski definition) is 1. The van der Waals surface area contributed by atoms with Crippen LogP contribution >= 0.6 is 0 Å². The maximum atomic E-state index is 5.74. The van der Waals surface area contributed by atoms with Crippen LogP contribution < -0.4 is 15.2 Å². The smallest absolute Gasteiger partial charge is 0.321 e. The Morgan fingerprint density at radius 3 is 2.29 bits per heavy atom. The molecule has 21 heavy (non-hydrogen) atoms. The van der Waals surface area contributed by atoms with Gasteiger partial charge in [-0.15, -0.1) is 0 Å². The largest absolute Gasteiger partial charge is 0.494 e. The van der Waals surface area contributed by atoms with Crippen molar-refractivity contribution in [2.75, 3.05) is 6.61 Å². The van der Waals surface area contributed by atoms with Crippen molar-refractivity contribution in [3.63, 3.8) is 0 Å². The van der Waals surface area contributed by atoms with Crippen LogP contribution in [0.25, 0.3) is 0 Å². The average Bonchev–Trinajstić information content (AvgIpc) is 2.48. The van der Waals surface area contributed by atoms with E-state index in [0.717, 1.165) is 24.2 Å². The van der Waals surface area contributed by atoms with Gasteiger partial charge in [0.25, 0.3) is 0 Å². The first-order chi connectivity index (χ1) is 10.2. The van der Waals surface area contributed by atoms with Crippen molar-refractivity contribution >= 4 is 0 Å². The van der Waals surface area contributed by atoms with Gasteiger partial charge in [0.05, 0.1) is 6.61 Å². The molecule has 1 aromatic heterocycles. The lowest BCUT2D eigenvalue weighted by atomic mass is 10.1. The number of ether oxygens (including phenoxy) is 2. The molecule has 0 fully saturated rings. The third-order valence-corrected chi connectivity index (χ3v) is 2.75. The lowest BCUT2D eigenvalue weighted by Gasteiger charge is -2.07. The molecule has 0 saturated heterocycles. The maximum Gasteiger partial charge on any atom is 0.321 e. The van der Waals surface area contributed by atoms with Crippen LogP contribution in [0.1, 0.15) is 25.8 Å². The molecular formula is C16H21N3O2. The minimum Gasteiger partial charge on any atom is -0.494 e. The molecule has 0 aliphatic carbocycles. The molecule has 5 nitrogen and oxygen atoms in total. The van der Waals surface area contributed by atoms with E-state index in [4.69, 9.17) is 15.2 Å². The van der Waals surface area contributed by atoms with Gasteiger partial charge in [-0.25, -0.2) is 9.97 Å². The molecule has 2 rings (SSSR count). The summed E-state index contributed by atoms with van der Waals surface area (Å²) in [6, 6.07) is 7.83. The third-order valence-electron chi connectivity index (χ3n) is 2.75. The number of aromatic nitrogens is 2. The minimum atomic E-state index is 0.0935. The van der Waals surface area contributed by atoms with Crippen LogP contribution in [-0.4, -0.2) is 22.6 Å². The molecule has 1 unspecified atom stereocenters. The summed E-state index contributed by atoms with van der Waals surface area (Å²) in [7, 11) is 0. The Morgan fingerprint density at radius 2 is 1.71 bits per heavy atom. The third kappa shape index (κ3) is 5.04. The lowest BCUT2D eigenvalue weighted by molar-refractivity contribution is 0.317. The van der Waals surface area contributed by atoms with Crippen LogP contribution in [0.2, 0.25) is 0 Å². The summed E-state index contributed by atoms with van der Waals surface area (Å²) in [5.41, 5.74) is 6.74. The fraction of sp³-hybridized carbons (Fsp3) is 0.375. The second-order valence-corrected chi connectivity index (χ2v) is 4.98. The maximum absolute atomic E-state index is 5.74. The van der Waals surface area contributed by atoms with Crippen molar-refractivity contribution in [1.29, 1.82) is 0 Å². The molecule has 0 saturated carbocycles. The zero-order valence-electron chi connectivity index (χ0n) is 12.5. The Kier molecular flexibility index (Phi) is 5.51. The van der Waals surface area contributed by atoms with Crippen LogP contribution in [-0.2, 0) is 6.42 Å². The lowest BCUT2D eigenvalue weighted by Crippen LogP contribution is -2.17. The predicted octanol–water partition coefficient (Wildman–Crippen LogP) is 2.95. The summed E-state index contributed by atoms with van der Waals surface area (Å²) in [6.45, 7) is 4.74. The van der Waals surface area contributed by atoms with Gasteiger partial charge in [0.1, 0.15) is 11.5 Å². The van der Waals surface area contributed by atoms with E-state index >= 15 is 0 Å². The van der Waals surface area contributed by atoms with Crippen molar-refractivity contribution < 1.29 is 9.47 Å². The molecule has 1 heterocycles. The van der Waals surface area contributed by atoms with Gasteiger partial charge in [-0.1, -0.05) is 6.92 Å². The molecule has 0 bridgehead atoms. The molecule has 1 aromatic carbocycles. The number of hydrogen-bond acceptors (Lipinski definition) is 5. The summed E-state index contributed by atoms with van der Waals surface area (Å²) >= 11 is 0. The van der Waals surface area contributed by atoms with E-state index in [1.165, 1.54) is 0 Å². The van der Waals surface area contributed by atoms with Gasteiger partial charge >= 0.3 is 6.01 Å². The van der Waals surface area contributed by atoms with Gasteiger partial charge in [0, 0.05) is 18.4 Å². The summed E-state index contributed by atoms with van der Waals surface area (Å²) in [4.78, 5) is 8.36. The Bertz CT molecular complexity index is 538. The van der Waals surface area contributed by atoms with Crippen molar-refractivity contribution in [3.8, 4) is 17.5 Å². The number of benzene rings is 1. The fourth-order valence-electron chi connectivity index (χ4n) is 1.80. The Hall–Kier alpha value is -2.14. The molecule has 1 atom stereocenters. The second kappa shape index (κ2) is 7.59. The van der Waals surface area contributed by atoms with Crippen LogP contribution in [0.3, 0.4) is 0 Å². The fourth-order valence-corrected chi connectivity index (χ4v) is 1.80. The molecule has 0 aliphatic rings. The molecule has 112 valence electrons. The zero-order valence-corrected chi connectivity index (χ0v) is 12.5. The van der Waals surface area contributed by atoms with Crippen LogP contribution in [0.4, 0.5) is 0 Å². The van der Waals surface area contributed by atoms with Crippen LogP contribution in [0, 0.1) is 0 Å². The van der Waals surface area contributed by atoms with E-state index in [2.05, 4.69) is 16.9 Å². The molecule has 0 aliphatic heterocycles. The SMILES string of the molecule is CCCOc1ccc(Oc2ncc(CC(C)N)cn2)cc1. The summed E-state index contributed by atoms with van der Waals surface area (Å²) < 4.78 is 11.1. The van der Waals surface area contributed by atoms with Gasteiger partial charge in [0.15, 0.2) is 0 Å². The van der Waals surface area contributed by atoms with Gasteiger partial charge in [-0.05, 0) is 49.6 Å². The highest BCUT2D eigenvalue weighted by Gasteiger charge is 2.03. The van der Waals surface area contributed by atoms with Crippen molar-refractivity contribution in [3.05, 3.63) is 42.2 Å². The Balaban J connectivity index is 1.94. The topological polar surface area (TPSA) is 70.3 Å². The zero-order chi connectivity index (χ0) is 15.1. The monoisotopic (exact) mass is 287 g/mol. The quantitative estimate of drug-likeness (QED) is 0.847. The van der Waals surface area contributed by atoms with Crippen molar-refractivity contribution in [1.82, 2.24) is 9.97 Å². The average molecular weight is 287 g/mol. The van der Waals surface area contributed by atoms with Gasteiger partial charge in [0.2, 0.25) is 0 Å². The normalized spacial score (nSPS) is 12.0.